The minimum absolute atomic E-state index is 0.0984. The molecule has 8 heteroatoms. The van der Waals surface area contributed by atoms with Crippen LogP contribution in [0.2, 0.25) is 0 Å². The molecule has 1 aromatic carbocycles. The van der Waals surface area contributed by atoms with Gasteiger partial charge >= 0.3 is 0 Å². The molecular formula is C21H24N6O2. The van der Waals surface area contributed by atoms with Crippen molar-refractivity contribution in [2.45, 2.75) is 26.3 Å². The van der Waals surface area contributed by atoms with Crippen molar-refractivity contribution in [1.29, 1.82) is 0 Å². The number of rotatable bonds is 8. The summed E-state index contributed by atoms with van der Waals surface area (Å²) in [5.41, 5.74) is 13.7. The summed E-state index contributed by atoms with van der Waals surface area (Å²) in [4.78, 5) is 32.0. The smallest absolute Gasteiger partial charge is 0.269 e. The van der Waals surface area contributed by atoms with Crippen molar-refractivity contribution < 1.29 is 9.59 Å². The molecule has 0 aliphatic carbocycles. The number of aromatic nitrogens is 2. The van der Waals surface area contributed by atoms with Gasteiger partial charge in [0.1, 0.15) is 6.04 Å². The number of hydrogen-bond acceptors (Lipinski definition) is 6. The lowest BCUT2D eigenvalue weighted by molar-refractivity contribution is -0.119. The first kappa shape index (κ1) is 20.1. The molecule has 2 aromatic heterocycles. The predicted octanol–water partition coefficient (Wildman–Crippen LogP) is 2.78. The second-order valence-electron chi connectivity index (χ2n) is 7.25. The van der Waals surface area contributed by atoms with Gasteiger partial charge in [0.15, 0.2) is 5.69 Å². The molecule has 0 radical (unpaired) electrons. The number of carbonyl (C=O) groups excluding carboxylic acids is 2. The number of hydrogen-bond donors (Lipinski definition) is 4. The Hall–Kier alpha value is -3.68. The van der Waals surface area contributed by atoms with Gasteiger partial charge in [0, 0.05) is 17.3 Å². The highest BCUT2D eigenvalue weighted by atomic mass is 16.1. The van der Waals surface area contributed by atoms with E-state index in [0.717, 1.165) is 16.6 Å². The summed E-state index contributed by atoms with van der Waals surface area (Å²) in [7, 11) is 0. The van der Waals surface area contributed by atoms with Crippen molar-refractivity contribution in [3.8, 4) is 0 Å². The van der Waals surface area contributed by atoms with Crippen molar-refractivity contribution in [3.63, 3.8) is 0 Å². The maximum Gasteiger partial charge on any atom is 0.269 e. The average molecular weight is 392 g/mol. The Morgan fingerprint density at radius 3 is 2.55 bits per heavy atom. The van der Waals surface area contributed by atoms with Gasteiger partial charge < -0.3 is 22.1 Å². The monoisotopic (exact) mass is 392 g/mol. The zero-order valence-corrected chi connectivity index (χ0v) is 16.3. The molecule has 2 heterocycles. The Labute approximate surface area is 168 Å². The molecule has 150 valence electrons. The average Bonchev–Trinajstić information content (AvgIpc) is 2.67. The van der Waals surface area contributed by atoms with Crippen LogP contribution in [0.15, 0.2) is 48.8 Å². The summed E-state index contributed by atoms with van der Waals surface area (Å²) in [6.45, 7) is 4.02. The molecule has 0 fully saturated rings. The third-order valence-electron chi connectivity index (χ3n) is 4.39. The molecule has 1 atom stereocenters. The molecule has 0 spiro atoms. The maximum atomic E-state index is 11.8. The van der Waals surface area contributed by atoms with Crippen LogP contribution in [0.5, 0.6) is 0 Å². The summed E-state index contributed by atoms with van der Waals surface area (Å²) >= 11 is 0. The molecule has 0 unspecified atom stereocenters. The lowest BCUT2D eigenvalue weighted by Gasteiger charge is -2.19. The molecule has 0 aliphatic rings. The van der Waals surface area contributed by atoms with Gasteiger partial charge in [0.05, 0.1) is 23.1 Å². The van der Waals surface area contributed by atoms with Gasteiger partial charge in [-0.25, -0.2) is 4.98 Å². The summed E-state index contributed by atoms with van der Waals surface area (Å²) in [5, 5.41) is 7.23. The lowest BCUT2D eigenvalue weighted by atomic mass is 10.0. The standard InChI is InChI=1S/C21H24N6O2/c1-12(2)8-18(20(22)28)27-15-10-17(19(21(23)29)25-11-15)26-14-5-6-16-13(9-14)4-3-7-24-16/h3-7,9-12,18,26-27H,8H2,1-2H3,(H2,22,28)(H2,23,29)/t18-/m1/s1. The Morgan fingerprint density at radius 2 is 1.86 bits per heavy atom. The number of carbonyl (C=O) groups is 2. The number of amides is 2. The normalized spacial score (nSPS) is 12.0. The van der Waals surface area contributed by atoms with Crippen molar-refractivity contribution in [2.24, 2.45) is 17.4 Å². The van der Waals surface area contributed by atoms with E-state index in [9.17, 15) is 9.59 Å². The van der Waals surface area contributed by atoms with E-state index in [-0.39, 0.29) is 11.6 Å². The minimum atomic E-state index is -0.657. The van der Waals surface area contributed by atoms with Crippen LogP contribution in [0.25, 0.3) is 10.9 Å². The van der Waals surface area contributed by atoms with Gasteiger partial charge in [-0.15, -0.1) is 0 Å². The number of pyridine rings is 2. The summed E-state index contributed by atoms with van der Waals surface area (Å²) in [6.07, 6.45) is 3.77. The van der Waals surface area contributed by atoms with E-state index in [1.807, 2.05) is 44.2 Å². The van der Waals surface area contributed by atoms with Crippen LogP contribution < -0.4 is 22.1 Å². The van der Waals surface area contributed by atoms with E-state index in [0.29, 0.717) is 17.8 Å². The highest BCUT2D eigenvalue weighted by Gasteiger charge is 2.18. The van der Waals surface area contributed by atoms with Gasteiger partial charge in [-0.1, -0.05) is 19.9 Å². The first-order chi connectivity index (χ1) is 13.8. The van der Waals surface area contributed by atoms with Crippen molar-refractivity contribution in [2.75, 3.05) is 10.6 Å². The number of nitrogens with zero attached hydrogens (tertiary/aromatic N) is 2. The number of benzene rings is 1. The predicted molar refractivity (Wildman–Crippen MR) is 114 cm³/mol. The van der Waals surface area contributed by atoms with Crippen LogP contribution >= 0.6 is 0 Å². The molecule has 8 nitrogen and oxygen atoms in total. The fraction of sp³-hybridized carbons (Fsp3) is 0.238. The highest BCUT2D eigenvalue weighted by Crippen LogP contribution is 2.26. The molecule has 0 saturated heterocycles. The van der Waals surface area contributed by atoms with Crippen LogP contribution in [0.1, 0.15) is 30.8 Å². The van der Waals surface area contributed by atoms with E-state index < -0.39 is 17.9 Å². The Bertz CT molecular complexity index is 1050. The van der Waals surface area contributed by atoms with Crippen LogP contribution in [0, 0.1) is 5.92 Å². The Balaban J connectivity index is 1.91. The van der Waals surface area contributed by atoms with E-state index in [1.165, 1.54) is 6.20 Å². The molecule has 2 amide bonds. The quantitative estimate of drug-likeness (QED) is 0.465. The van der Waals surface area contributed by atoms with E-state index in [1.54, 1.807) is 12.3 Å². The van der Waals surface area contributed by atoms with Gasteiger partial charge in [-0.05, 0) is 42.7 Å². The van der Waals surface area contributed by atoms with Gasteiger partial charge in [-0.3, -0.25) is 14.6 Å². The number of nitrogens with one attached hydrogen (secondary N) is 2. The third-order valence-corrected chi connectivity index (χ3v) is 4.39. The third kappa shape index (κ3) is 4.98. The van der Waals surface area contributed by atoms with E-state index >= 15 is 0 Å². The lowest BCUT2D eigenvalue weighted by Crippen LogP contribution is -2.36. The number of nitrogens with two attached hydrogens (primary N) is 2. The number of primary amides is 2. The van der Waals surface area contributed by atoms with Crippen molar-refractivity contribution in [1.82, 2.24) is 9.97 Å². The fourth-order valence-electron chi connectivity index (χ4n) is 3.06. The first-order valence-electron chi connectivity index (χ1n) is 9.31. The van der Waals surface area contributed by atoms with E-state index in [2.05, 4.69) is 20.6 Å². The molecule has 0 saturated carbocycles. The van der Waals surface area contributed by atoms with Crippen LogP contribution in [-0.4, -0.2) is 27.8 Å². The highest BCUT2D eigenvalue weighted by molar-refractivity contribution is 5.98. The second-order valence-corrected chi connectivity index (χ2v) is 7.25. The van der Waals surface area contributed by atoms with Gasteiger partial charge in [0.2, 0.25) is 5.91 Å². The maximum absolute atomic E-state index is 11.8. The molecule has 3 rings (SSSR count). The molecule has 3 aromatic rings. The molecular weight excluding hydrogens is 368 g/mol. The summed E-state index contributed by atoms with van der Waals surface area (Å²) in [5.74, 6) is -0.828. The number of anilines is 3. The SMILES string of the molecule is CC(C)C[C@@H](Nc1cnc(C(N)=O)c(Nc2ccc3ncccc3c2)c1)C(N)=O. The molecule has 29 heavy (non-hydrogen) atoms. The molecule has 0 aliphatic heterocycles. The van der Waals surface area contributed by atoms with Gasteiger partial charge in [-0.2, -0.15) is 0 Å². The van der Waals surface area contributed by atoms with Crippen LogP contribution in [-0.2, 0) is 4.79 Å². The fourth-order valence-corrected chi connectivity index (χ4v) is 3.06. The second kappa shape index (κ2) is 8.55. The Kier molecular flexibility index (Phi) is 5.92. The summed E-state index contributed by atoms with van der Waals surface area (Å²) in [6, 6.07) is 10.6. The van der Waals surface area contributed by atoms with Crippen molar-refractivity contribution in [3.05, 3.63) is 54.5 Å². The van der Waals surface area contributed by atoms with Gasteiger partial charge in [0.25, 0.3) is 5.91 Å². The zero-order valence-electron chi connectivity index (χ0n) is 16.3. The van der Waals surface area contributed by atoms with Crippen molar-refractivity contribution >= 4 is 39.8 Å². The largest absolute Gasteiger partial charge is 0.372 e. The Morgan fingerprint density at radius 1 is 1.07 bits per heavy atom. The topological polar surface area (TPSA) is 136 Å². The number of fused-ring (bicyclic) bond motifs is 1. The van der Waals surface area contributed by atoms with Crippen LogP contribution in [0.4, 0.5) is 17.1 Å². The zero-order chi connectivity index (χ0) is 21.0. The minimum Gasteiger partial charge on any atom is -0.372 e. The molecule has 6 N–H and O–H groups in total. The van der Waals surface area contributed by atoms with Crippen LogP contribution in [0.3, 0.4) is 0 Å². The molecule has 0 bridgehead atoms. The van der Waals surface area contributed by atoms with E-state index in [4.69, 9.17) is 11.5 Å². The first-order valence-corrected chi connectivity index (χ1v) is 9.31. The summed E-state index contributed by atoms with van der Waals surface area (Å²) < 4.78 is 0.